The maximum absolute atomic E-state index is 12.6. The molecule has 148 valence electrons. The smallest absolute Gasteiger partial charge is 0.342 e. The number of esters is 1. The van der Waals surface area contributed by atoms with Crippen molar-refractivity contribution in [2.45, 2.75) is 65.9 Å². The van der Waals surface area contributed by atoms with Crippen molar-refractivity contribution in [3.05, 3.63) is 27.7 Å². The number of amides is 2. The molecule has 0 radical (unpaired) electrons. The van der Waals surface area contributed by atoms with E-state index in [0.29, 0.717) is 17.1 Å². The summed E-state index contributed by atoms with van der Waals surface area (Å²) >= 11 is 1.32. The van der Waals surface area contributed by atoms with E-state index >= 15 is 0 Å². The average Bonchev–Trinajstić information content (AvgIpc) is 2.88. The quantitative estimate of drug-likeness (QED) is 0.545. The zero-order chi connectivity index (χ0) is 20.0. The second kappa shape index (κ2) is 9.69. The number of rotatable bonds is 7. The van der Waals surface area contributed by atoms with E-state index < -0.39 is 12.1 Å². The van der Waals surface area contributed by atoms with Crippen molar-refractivity contribution in [1.29, 1.82) is 0 Å². The maximum Gasteiger partial charge on any atom is 0.342 e. The first kappa shape index (κ1) is 21.2. The summed E-state index contributed by atoms with van der Waals surface area (Å²) in [7, 11) is 0. The standard InChI is InChI=1S/C20H28N2O4S/c1-12-14(3)27-19(22-15(4)23)17(12)20(25)26-13(2)18(24)21-11-10-16-8-6-5-7-9-16/h8,13H,5-7,9-11H2,1-4H3,(H,21,24)(H,22,23)/t13-/m0/s1. The van der Waals surface area contributed by atoms with Crippen LogP contribution in [0.5, 0.6) is 0 Å². The molecule has 0 spiro atoms. The lowest BCUT2D eigenvalue weighted by atomic mass is 9.97. The van der Waals surface area contributed by atoms with Crippen molar-refractivity contribution in [3.63, 3.8) is 0 Å². The van der Waals surface area contributed by atoms with Gasteiger partial charge in [-0.1, -0.05) is 11.6 Å². The van der Waals surface area contributed by atoms with Crippen LogP contribution in [0.1, 0.15) is 66.8 Å². The average molecular weight is 393 g/mol. The molecule has 1 aromatic heterocycles. The number of ether oxygens (including phenoxy) is 1. The number of allylic oxidation sites excluding steroid dienone is 1. The maximum atomic E-state index is 12.6. The van der Waals surface area contributed by atoms with Gasteiger partial charge in [0.2, 0.25) is 5.91 Å². The Balaban J connectivity index is 1.91. The van der Waals surface area contributed by atoms with Crippen molar-refractivity contribution in [2.24, 2.45) is 0 Å². The lowest BCUT2D eigenvalue weighted by molar-refractivity contribution is -0.129. The number of hydrogen-bond donors (Lipinski definition) is 2. The lowest BCUT2D eigenvalue weighted by Gasteiger charge is -2.16. The number of nitrogens with one attached hydrogen (secondary N) is 2. The van der Waals surface area contributed by atoms with E-state index in [2.05, 4.69) is 16.7 Å². The minimum atomic E-state index is -0.900. The van der Waals surface area contributed by atoms with Crippen LogP contribution in [0, 0.1) is 13.8 Å². The minimum absolute atomic E-state index is 0.256. The highest BCUT2D eigenvalue weighted by Gasteiger charge is 2.25. The Morgan fingerprint density at radius 2 is 2.00 bits per heavy atom. The van der Waals surface area contributed by atoms with E-state index in [9.17, 15) is 14.4 Å². The zero-order valence-corrected chi connectivity index (χ0v) is 17.3. The molecule has 1 aliphatic rings. The van der Waals surface area contributed by atoms with Gasteiger partial charge in [-0.25, -0.2) is 4.79 Å². The fourth-order valence-corrected chi connectivity index (χ4v) is 4.11. The van der Waals surface area contributed by atoms with E-state index in [4.69, 9.17) is 4.74 Å². The Morgan fingerprint density at radius 1 is 1.26 bits per heavy atom. The highest BCUT2D eigenvalue weighted by molar-refractivity contribution is 7.16. The Morgan fingerprint density at radius 3 is 2.63 bits per heavy atom. The fourth-order valence-electron chi connectivity index (χ4n) is 3.02. The summed E-state index contributed by atoms with van der Waals surface area (Å²) in [6.07, 6.45) is 6.86. The fraction of sp³-hybridized carbons (Fsp3) is 0.550. The van der Waals surface area contributed by atoms with Crippen molar-refractivity contribution in [2.75, 3.05) is 11.9 Å². The van der Waals surface area contributed by atoms with Crippen LogP contribution in [0.3, 0.4) is 0 Å². The molecule has 1 heterocycles. The molecule has 0 fully saturated rings. The van der Waals surface area contributed by atoms with Gasteiger partial charge in [-0.15, -0.1) is 11.3 Å². The van der Waals surface area contributed by atoms with Gasteiger partial charge in [0, 0.05) is 18.3 Å². The number of aryl methyl sites for hydroxylation is 1. The first-order chi connectivity index (χ1) is 12.8. The summed E-state index contributed by atoms with van der Waals surface area (Å²) < 4.78 is 5.35. The Hall–Kier alpha value is -2.15. The van der Waals surface area contributed by atoms with Gasteiger partial charge >= 0.3 is 5.97 Å². The van der Waals surface area contributed by atoms with E-state index in [1.807, 2.05) is 6.92 Å². The van der Waals surface area contributed by atoms with Crippen molar-refractivity contribution < 1.29 is 19.1 Å². The van der Waals surface area contributed by atoms with Crippen LogP contribution >= 0.6 is 11.3 Å². The third-order valence-corrected chi connectivity index (χ3v) is 5.79. The molecule has 0 saturated heterocycles. The predicted octanol–water partition coefficient (Wildman–Crippen LogP) is 3.88. The molecule has 0 saturated carbocycles. The Kier molecular flexibility index (Phi) is 7.59. The molecule has 1 atom stereocenters. The van der Waals surface area contributed by atoms with Gasteiger partial charge < -0.3 is 15.4 Å². The molecule has 0 aromatic carbocycles. The molecule has 2 N–H and O–H groups in total. The molecule has 0 unspecified atom stereocenters. The van der Waals surface area contributed by atoms with Gasteiger partial charge in [0.25, 0.3) is 5.91 Å². The molecular weight excluding hydrogens is 364 g/mol. The molecule has 1 aliphatic carbocycles. The first-order valence-electron chi connectivity index (χ1n) is 9.33. The molecule has 2 rings (SSSR count). The molecule has 0 bridgehead atoms. The highest BCUT2D eigenvalue weighted by atomic mass is 32.1. The normalized spacial score (nSPS) is 14.9. The largest absolute Gasteiger partial charge is 0.449 e. The highest BCUT2D eigenvalue weighted by Crippen LogP contribution is 2.33. The van der Waals surface area contributed by atoms with Crippen molar-refractivity contribution >= 4 is 34.1 Å². The van der Waals surface area contributed by atoms with Gasteiger partial charge in [-0.3, -0.25) is 9.59 Å². The minimum Gasteiger partial charge on any atom is -0.449 e. The van der Waals surface area contributed by atoms with Gasteiger partial charge in [-0.05, 0) is 58.4 Å². The molecular formula is C20H28N2O4S. The van der Waals surface area contributed by atoms with E-state index in [1.165, 1.54) is 36.7 Å². The second-order valence-electron chi connectivity index (χ2n) is 6.87. The molecule has 2 amide bonds. The second-order valence-corrected chi connectivity index (χ2v) is 8.09. The summed E-state index contributed by atoms with van der Waals surface area (Å²) in [5.74, 6) is -1.17. The third kappa shape index (κ3) is 5.92. The van der Waals surface area contributed by atoms with E-state index in [-0.39, 0.29) is 11.8 Å². The number of carbonyl (C=O) groups is 3. The van der Waals surface area contributed by atoms with Crippen LogP contribution in [0.15, 0.2) is 11.6 Å². The van der Waals surface area contributed by atoms with Crippen LogP contribution in [0.25, 0.3) is 0 Å². The number of thiophene rings is 1. The Labute approximate surface area is 164 Å². The number of carbonyl (C=O) groups excluding carboxylic acids is 3. The van der Waals surface area contributed by atoms with Crippen LogP contribution in [0.2, 0.25) is 0 Å². The van der Waals surface area contributed by atoms with Gasteiger partial charge in [-0.2, -0.15) is 0 Å². The lowest BCUT2D eigenvalue weighted by Crippen LogP contribution is -2.36. The summed E-state index contributed by atoms with van der Waals surface area (Å²) in [4.78, 5) is 37.1. The van der Waals surface area contributed by atoms with E-state index in [1.54, 1.807) is 13.8 Å². The topological polar surface area (TPSA) is 84.5 Å². The summed E-state index contributed by atoms with van der Waals surface area (Å²) in [5.41, 5.74) is 2.46. The van der Waals surface area contributed by atoms with Crippen LogP contribution < -0.4 is 10.6 Å². The first-order valence-corrected chi connectivity index (χ1v) is 10.2. The molecule has 27 heavy (non-hydrogen) atoms. The molecule has 1 aromatic rings. The Bertz CT molecular complexity index is 751. The summed E-state index contributed by atoms with van der Waals surface area (Å²) in [6, 6.07) is 0. The van der Waals surface area contributed by atoms with Crippen LogP contribution in [-0.2, 0) is 14.3 Å². The van der Waals surface area contributed by atoms with E-state index in [0.717, 1.165) is 29.7 Å². The monoisotopic (exact) mass is 392 g/mol. The van der Waals surface area contributed by atoms with Crippen molar-refractivity contribution in [3.8, 4) is 0 Å². The summed E-state index contributed by atoms with van der Waals surface area (Å²) in [6.45, 7) is 7.16. The third-order valence-electron chi connectivity index (χ3n) is 4.66. The van der Waals surface area contributed by atoms with Gasteiger partial charge in [0.1, 0.15) is 5.00 Å². The molecule has 7 heteroatoms. The molecule has 6 nitrogen and oxygen atoms in total. The van der Waals surface area contributed by atoms with Crippen molar-refractivity contribution in [1.82, 2.24) is 5.32 Å². The zero-order valence-electron chi connectivity index (χ0n) is 16.4. The number of anilines is 1. The predicted molar refractivity (Wildman–Crippen MR) is 107 cm³/mol. The number of hydrogen-bond acceptors (Lipinski definition) is 5. The van der Waals surface area contributed by atoms with Gasteiger partial charge in [0.15, 0.2) is 6.10 Å². The van der Waals surface area contributed by atoms with Gasteiger partial charge in [0.05, 0.1) is 5.56 Å². The molecule has 0 aliphatic heterocycles. The summed E-state index contributed by atoms with van der Waals surface area (Å²) in [5, 5.41) is 5.95. The van der Waals surface area contributed by atoms with Crippen LogP contribution in [-0.4, -0.2) is 30.4 Å². The van der Waals surface area contributed by atoms with Crippen LogP contribution in [0.4, 0.5) is 5.00 Å². The SMILES string of the molecule is CC(=O)Nc1sc(C)c(C)c1C(=O)O[C@@H](C)C(=O)NCCC1=CCCCC1.